The first-order valence-electron chi connectivity index (χ1n) is 7.15. The third-order valence-electron chi connectivity index (χ3n) is 4.50. The van der Waals surface area contributed by atoms with Crippen molar-refractivity contribution in [3.8, 4) is 5.75 Å². The van der Waals surface area contributed by atoms with Gasteiger partial charge in [-0.3, -0.25) is 4.79 Å². The van der Waals surface area contributed by atoms with Crippen molar-refractivity contribution in [3.05, 3.63) is 35.7 Å². The number of nitrogens with one attached hydrogen (secondary N) is 2. The summed E-state index contributed by atoms with van der Waals surface area (Å²) in [5.74, 6) is 1.24. The molecule has 3 rings (SSSR count). The molecule has 1 amide bonds. The predicted octanol–water partition coefficient (Wildman–Crippen LogP) is 1.19. The van der Waals surface area contributed by atoms with Gasteiger partial charge in [-0.25, -0.2) is 0 Å². The number of hydrogen-bond donors (Lipinski definition) is 2. The van der Waals surface area contributed by atoms with Gasteiger partial charge in [-0.1, -0.05) is 31.2 Å². The smallest absolute Gasteiger partial charge is 0.231 e. The number of nitrogens with zero attached hydrogens (tertiary/aromatic N) is 3. The van der Waals surface area contributed by atoms with Crippen LogP contribution in [0.1, 0.15) is 31.7 Å². The van der Waals surface area contributed by atoms with E-state index in [1.54, 1.807) is 7.11 Å². The van der Waals surface area contributed by atoms with Gasteiger partial charge in [0.05, 0.1) is 19.1 Å². The molecule has 0 spiro atoms. The first-order valence-corrected chi connectivity index (χ1v) is 7.15. The summed E-state index contributed by atoms with van der Waals surface area (Å²) < 4.78 is 5.18. The molecule has 1 saturated carbocycles. The van der Waals surface area contributed by atoms with E-state index >= 15 is 0 Å². The molecule has 0 radical (unpaired) electrons. The monoisotopic (exact) mass is 301 g/mol. The number of hydrogen-bond acceptors (Lipinski definition) is 5. The molecule has 0 unspecified atom stereocenters. The lowest BCUT2D eigenvalue weighted by Gasteiger charge is -2.20. The summed E-state index contributed by atoms with van der Waals surface area (Å²) in [4.78, 5) is 12.8. The molecule has 7 heteroatoms. The van der Waals surface area contributed by atoms with E-state index in [4.69, 9.17) is 4.74 Å². The SMILES string of the molecule is COc1ccc([C@@]2(C(=O)NCc3nn[nH]n3)CC2(C)C)cc1. The van der Waals surface area contributed by atoms with Crippen molar-refractivity contribution in [2.75, 3.05) is 7.11 Å². The molecule has 1 atom stereocenters. The van der Waals surface area contributed by atoms with Crippen molar-refractivity contribution in [2.45, 2.75) is 32.2 Å². The molecular weight excluding hydrogens is 282 g/mol. The Morgan fingerprint density at radius 3 is 2.55 bits per heavy atom. The number of amides is 1. The number of aromatic amines is 1. The van der Waals surface area contributed by atoms with Gasteiger partial charge < -0.3 is 10.1 Å². The van der Waals surface area contributed by atoms with Crippen molar-refractivity contribution in [2.24, 2.45) is 5.41 Å². The summed E-state index contributed by atoms with van der Waals surface area (Å²) in [6.07, 6.45) is 0.810. The number of carbonyl (C=O) groups excluding carboxylic acids is 1. The number of methoxy groups -OCH3 is 1. The van der Waals surface area contributed by atoms with Gasteiger partial charge >= 0.3 is 0 Å². The van der Waals surface area contributed by atoms with Crippen LogP contribution in [0.15, 0.2) is 24.3 Å². The normalized spacial score (nSPS) is 22.1. The van der Waals surface area contributed by atoms with Gasteiger partial charge in [0, 0.05) is 0 Å². The van der Waals surface area contributed by atoms with E-state index in [0.29, 0.717) is 5.82 Å². The van der Waals surface area contributed by atoms with Crippen LogP contribution < -0.4 is 10.1 Å². The average Bonchev–Trinajstić information content (AvgIpc) is 2.90. The second-order valence-corrected chi connectivity index (χ2v) is 6.21. The van der Waals surface area contributed by atoms with Crippen LogP contribution in [0.2, 0.25) is 0 Å². The first kappa shape index (κ1) is 14.5. The van der Waals surface area contributed by atoms with E-state index in [0.717, 1.165) is 17.7 Å². The third-order valence-corrected chi connectivity index (χ3v) is 4.50. The quantitative estimate of drug-likeness (QED) is 0.865. The lowest BCUT2D eigenvalue weighted by atomic mass is 9.87. The van der Waals surface area contributed by atoms with E-state index in [9.17, 15) is 4.79 Å². The van der Waals surface area contributed by atoms with Crippen molar-refractivity contribution in [1.82, 2.24) is 25.9 Å². The minimum Gasteiger partial charge on any atom is -0.497 e. The molecule has 7 nitrogen and oxygen atoms in total. The molecule has 0 aliphatic heterocycles. The minimum absolute atomic E-state index is 0.00698. The zero-order valence-electron chi connectivity index (χ0n) is 12.9. The van der Waals surface area contributed by atoms with E-state index in [2.05, 4.69) is 39.8 Å². The Morgan fingerprint density at radius 2 is 2.05 bits per heavy atom. The summed E-state index contributed by atoms with van der Waals surface area (Å²) in [6.45, 7) is 4.47. The molecule has 1 aliphatic rings. The summed E-state index contributed by atoms with van der Waals surface area (Å²) in [6, 6.07) is 7.69. The van der Waals surface area contributed by atoms with E-state index in [1.807, 2.05) is 24.3 Å². The van der Waals surface area contributed by atoms with Gasteiger partial charge in [-0.2, -0.15) is 5.21 Å². The molecule has 1 fully saturated rings. The minimum atomic E-state index is -0.511. The van der Waals surface area contributed by atoms with Gasteiger partial charge in [0.1, 0.15) is 5.75 Å². The predicted molar refractivity (Wildman–Crippen MR) is 79.1 cm³/mol. The maximum atomic E-state index is 12.8. The van der Waals surface area contributed by atoms with E-state index in [1.165, 1.54) is 0 Å². The fourth-order valence-electron chi connectivity index (χ4n) is 3.07. The standard InChI is InChI=1S/C15H19N5O2/c1-14(2)9-15(14,10-4-6-11(22-3)7-5-10)13(21)16-8-12-17-19-20-18-12/h4-7H,8-9H2,1-3H3,(H,16,21)(H,17,18,19,20)/t15-/m1/s1. The molecule has 1 aliphatic carbocycles. The van der Waals surface area contributed by atoms with Crippen LogP contribution in [-0.2, 0) is 16.8 Å². The highest BCUT2D eigenvalue weighted by molar-refractivity contribution is 5.93. The average molecular weight is 301 g/mol. The number of rotatable bonds is 5. The van der Waals surface area contributed by atoms with Gasteiger partial charge in [0.2, 0.25) is 5.91 Å². The Balaban J connectivity index is 1.81. The highest BCUT2D eigenvalue weighted by Gasteiger charge is 2.66. The zero-order chi connectivity index (χ0) is 15.8. The maximum Gasteiger partial charge on any atom is 0.231 e. The zero-order valence-corrected chi connectivity index (χ0v) is 12.9. The second-order valence-electron chi connectivity index (χ2n) is 6.21. The molecule has 1 aromatic heterocycles. The molecular formula is C15H19N5O2. The number of carbonyl (C=O) groups is 1. The molecule has 0 saturated heterocycles. The lowest BCUT2D eigenvalue weighted by molar-refractivity contribution is -0.124. The van der Waals surface area contributed by atoms with Crippen LogP contribution in [0, 0.1) is 5.41 Å². The molecule has 0 bridgehead atoms. The van der Waals surface area contributed by atoms with Gasteiger partial charge in [-0.05, 0) is 29.5 Å². The fourth-order valence-corrected chi connectivity index (χ4v) is 3.07. The first-order chi connectivity index (χ1) is 10.5. The Kier molecular flexibility index (Phi) is 3.35. The van der Waals surface area contributed by atoms with Crippen molar-refractivity contribution < 1.29 is 9.53 Å². The number of tetrazole rings is 1. The van der Waals surface area contributed by atoms with Crippen molar-refractivity contribution in [1.29, 1.82) is 0 Å². The van der Waals surface area contributed by atoms with Crippen LogP contribution in [0.25, 0.3) is 0 Å². The highest BCUT2D eigenvalue weighted by Crippen LogP contribution is 2.64. The second kappa shape index (κ2) is 5.08. The number of benzene rings is 1. The van der Waals surface area contributed by atoms with Crippen LogP contribution in [-0.4, -0.2) is 33.6 Å². The third kappa shape index (κ3) is 2.22. The van der Waals surface area contributed by atoms with Gasteiger partial charge in [-0.15, -0.1) is 10.2 Å². The van der Waals surface area contributed by atoms with Crippen LogP contribution in [0.4, 0.5) is 0 Å². The molecule has 2 N–H and O–H groups in total. The van der Waals surface area contributed by atoms with Crippen LogP contribution in [0.5, 0.6) is 5.75 Å². The Morgan fingerprint density at radius 1 is 1.36 bits per heavy atom. The topological polar surface area (TPSA) is 92.8 Å². The maximum absolute atomic E-state index is 12.8. The largest absolute Gasteiger partial charge is 0.497 e. The van der Waals surface area contributed by atoms with Gasteiger partial charge in [0.15, 0.2) is 5.82 Å². The Bertz CT molecular complexity index is 666. The summed E-state index contributed by atoms with van der Waals surface area (Å²) in [7, 11) is 1.63. The van der Waals surface area contributed by atoms with Crippen LogP contribution >= 0.6 is 0 Å². The van der Waals surface area contributed by atoms with Crippen molar-refractivity contribution >= 4 is 5.91 Å². The van der Waals surface area contributed by atoms with Gasteiger partial charge in [0.25, 0.3) is 0 Å². The molecule has 1 aromatic carbocycles. The Hall–Kier alpha value is -2.44. The van der Waals surface area contributed by atoms with Crippen molar-refractivity contribution in [3.63, 3.8) is 0 Å². The van der Waals surface area contributed by atoms with E-state index < -0.39 is 5.41 Å². The summed E-state index contributed by atoms with van der Waals surface area (Å²) in [5, 5.41) is 16.5. The number of aromatic nitrogens is 4. The lowest BCUT2D eigenvalue weighted by Crippen LogP contribution is -2.37. The van der Waals surface area contributed by atoms with E-state index in [-0.39, 0.29) is 17.9 Å². The molecule has 116 valence electrons. The summed E-state index contributed by atoms with van der Waals surface area (Å²) in [5.41, 5.74) is 0.412. The highest BCUT2D eigenvalue weighted by atomic mass is 16.5. The number of H-pyrrole nitrogens is 1. The fraction of sp³-hybridized carbons (Fsp3) is 0.467. The van der Waals surface area contributed by atoms with Crippen LogP contribution in [0.3, 0.4) is 0 Å². The Labute approximate surface area is 128 Å². The molecule has 2 aromatic rings. The molecule has 1 heterocycles. The summed E-state index contributed by atoms with van der Waals surface area (Å²) >= 11 is 0. The molecule has 22 heavy (non-hydrogen) atoms. The number of ether oxygens (including phenoxy) is 1.